The highest BCUT2D eigenvalue weighted by Crippen LogP contribution is 2.54. The van der Waals surface area contributed by atoms with E-state index in [1.807, 2.05) is 19.1 Å². The van der Waals surface area contributed by atoms with E-state index in [9.17, 15) is 4.79 Å². The summed E-state index contributed by atoms with van der Waals surface area (Å²) in [4.78, 5) is 15.0. The fourth-order valence-electron chi connectivity index (χ4n) is 4.78. The first-order chi connectivity index (χ1) is 15.3. The molecule has 0 bridgehead atoms. The molecule has 0 radical (unpaired) electrons. The summed E-state index contributed by atoms with van der Waals surface area (Å²) in [6.45, 7) is 7.80. The lowest BCUT2D eigenvalue weighted by Crippen LogP contribution is -2.40. The number of hydrogen-bond donors (Lipinski definition) is 0. The van der Waals surface area contributed by atoms with Gasteiger partial charge in [-0.2, -0.15) is 0 Å². The summed E-state index contributed by atoms with van der Waals surface area (Å²) in [5.41, 5.74) is 2.34. The number of rotatable bonds is 6. The zero-order valence-electron chi connectivity index (χ0n) is 18.5. The molecule has 0 aliphatic carbocycles. The average molecular weight is 476 g/mol. The molecule has 7 heteroatoms. The van der Waals surface area contributed by atoms with Crippen molar-refractivity contribution in [2.24, 2.45) is 0 Å². The summed E-state index contributed by atoms with van der Waals surface area (Å²) in [6, 6.07) is 8.78. The molecule has 2 aromatic rings. The van der Waals surface area contributed by atoms with Gasteiger partial charge in [0.05, 0.1) is 28.1 Å². The molecule has 1 unspecified atom stereocenters. The molecule has 0 N–H and O–H groups in total. The van der Waals surface area contributed by atoms with Crippen LogP contribution in [0.1, 0.15) is 41.3 Å². The third-order valence-corrected chi connectivity index (χ3v) is 7.19. The third-order valence-electron chi connectivity index (χ3n) is 6.45. The second-order valence-corrected chi connectivity index (χ2v) is 9.36. The quantitative estimate of drug-likeness (QED) is 0.398. The van der Waals surface area contributed by atoms with Crippen LogP contribution in [0.5, 0.6) is 11.5 Å². The van der Waals surface area contributed by atoms with E-state index in [-0.39, 0.29) is 17.6 Å². The Labute approximate surface area is 198 Å². The van der Waals surface area contributed by atoms with Crippen molar-refractivity contribution >= 4 is 29.2 Å². The predicted molar refractivity (Wildman–Crippen MR) is 126 cm³/mol. The standard InChI is InChI=1S/C25H27Cl2NO4/c1-5-25-10-11-28(3)14-17-7-9-20(30-4)23(22(17)25)32-21(25)12-15(2)31-24(29)16-6-8-18(26)19(27)13-16/h5-9,13,15,21H,1,10-12,14H2,2-4H3/t15-,21?,25-/m0/s1. The van der Waals surface area contributed by atoms with Crippen LogP contribution in [-0.4, -0.2) is 43.8 Å². The number of carbonyl (C=O) groups is 1. The minimum Gasteiger partial charge on any atom is -0.493 e. The van der Waals surface area contributed by atoms with Gasteiger partial charge in [0, 0.05) is 18.5 Å². The molecule has 2 heterocycles. The van der Waals surface area contributed by atoms with Gasteiger partial charge in [-0.05, 0) is 56.8 Å². The number of halogens is 2. The molecule has 4 rings (SSSR count). The number of methoxy groups -OCH3 is 1. The molecule has 0 fully saturated rings. The summed E-state index contributed by atoms with van der Waals surface area (Å²) in [5, 5.41) is 0.709. The molecule has 2 aliphatic heterocycles. The van der Waals surface area contributed by atoms with Crippen molar-refractivity contribution in [2.75, 3.05) is 20.7 Å². The van der Waals surface area contributed by atoms with Crippen molar-refractivity contribution in [1.82, 2.24) is 4.90 Å². The van der Waals surface area contributed by atoms with Crippen molar-refractivity contribution in [3.05, 3.63) is 69.7 Å². The van der Waals surface area contributed by atoms with Crippen LogP contribution < -0.4 is 9.47 Å². The van der Waals surface area contributed by atoms with E-state index in [2.05, 4.69) is 24.6 Å². The molecule has 3 atom stereocenters. The summed E-state index contributed by atoms with van der Waals surface area (Å²) in [5.74, 6) is 1.04. The molecule has 0 saturated heterocycles. The number of benzene rings is 2. The van der Waals surface area contributed by atoms with Gasteiger partial charge >= 0.3 is 5.97 Å². The Morgan fingerprint density at radius 3 is 2.81 bits per heavy atom. The second-order valence-electron chi connectivity index (χ2n) is 8.55. The molecule has 5 nitrogen and oxygen atoms in total. The lowest BCUT2D eigenvalue weighted by atomic mass is 9.72. The van der Waals surface area contributed by atoms with Gasteiger partial charge in [0.15, 0.2) is 11.5 Å². The monoisotopic (exact) mass is 475 g/mol. The van der Waals surface area contributed by atoms with Crippen molar-refractivity contribution in [2.45, 2.75) is 43.9 Å². The lowest BCUT2D eigenvalue weighted by molar-refractivity contribution is 0.0186. The summed E-state index contributed by atoms with van der Waals surface area (Å²) in [7, 11) is 3.76. The van der Waals surface area contributed by atoms with Gasteiger partial charge in [0.25, 0.3) is 0 Å². The van der Waals surface area contributed by atoms with E-state index in [1.54, 1.807) is 19.2 Å². The van der Waals surface area contributed by atoms with Crippen LogP contribution in [-0.2, 0) is 16.7 Å². The van der Waals surface area contributed by atoms with Crippen LogP contribution in [0.25, 0.3) is 0 Å². The Hall–Kier alpha value is -2.21. The molecule has 32 heavy (non-hydrogen) atoms. The normalized spacial score (nSPS) is 23.0. The summed E-state index contributed by atoms with van der Waals surface area (Å²) >= 11 is 12.0. The fourth-order valence-corrected chi connectivity index (χ4v) is 5.08. The number of esters is 1. The van der Waals surface area contributed by atoms with Crippen LogP contribution in [0.3, 0.4) is 0 Å². The second kappa shape index (κ2) is 8.97. The largest absolute Gasteiger partial charge is 0.493 e. The van der Waals surface area contributed by atoms with Crippen LogP contribution in [0, 0.1) is 0 Å². The van der Waals surface area contributed by atoms with Crippen molar-refractivity contribution in [3.63, 3.8) is 0 Å². The maximum absolute atomic E-state index is 12.7. The number of ether oxygens (including phenoxy) is 3. The first-order valence-corrected chi connectivity index (χ1v) is 11.4. The van der Waals surface area contributed by atoms with Crippen molar-refractivity contribution < 1.29 is 19.0 Å². The van der Waals surface area contributed by atoms with Crippen LogP contribution >= 0.6 is 23.2 Å². The molecular weight excluding hydrogens is 449 g/mol. The highest BCUT2D eigenvalue weighted by Gasteiger charge is 2.51. The van der Waals surface area contributed by atoms with E-state index in [1.165, 1.54) is 11.6 Å². The van der Waals surface area contributed by atoms with Crippen LogP contribution in [0.2, 0.25) is 10.0 Å². The zero-order chi connectivity index (χ0) is 23.0. The first-order valence-electron chi connectivity index (χ1n) is 10.6. The molecule has 170 valence electrons. The maximum Gasteiger partial charge on any atom is 0.338 e. The minimum atomic E-state index is -0.446. The van der Waals surface area contributed by atoms with Crippen molar-refractivity contribution in [1.29, 1.82) is 0 Å². The predicted octanol–water partition coefficient (Wildman–Crippen LogP) is 5.66. The SMILES string of the molecule is C=C[C@@]12CCN(C)Cc3ccc(OC)c(c31)OC2C[C@H](C)OC(=O)c1ccc(Cl)c(Cl)c1. The van der Waals surface area contributed by atoms with E-state index in [0.717, 1.165) is 30.8 Å². The summed E-state index contributed by atoms with van der Waals surface area (Å²) < 4.78 is 17.8. The molecule has 0 amide bonds. The Kier molecular flexibility index (Phi) is 6.44. The fraction of sp³-hybridized carbons (Fsp3) is 0.400. The molecule has 2 aromatic carbocycles. The van der Waals surface area contributed by atoms with Crippen LogP contribution in [0.4, 0.5) is 0 Å². The highest BCUT2D eigenvalue weighted by molar-refractivity contribution is 6.42. The molecule has 2 aliphatic rings. The van der Waals surface area contributed by atoms with Gasteiger partial charge in [0.1, 0.15) is 12.2 Å². The Balaban J connectivity index is 1.60. The smallest absolute Gasteiger partial charge is 0.338 e. The zero-order valence-corrected chi connectivity index (χ0v) is 20.0. The van der Waals surface area contributed by atoms with Gasteiger partial charge in [-0.25, -0.2) is 4.79 Å². The number of carbonyl (C=O) groups excluding carboxylic acids is 1. The maximum atomic E-state index is 12.7. The number of nitrogens with zero attached hydrogens (tertiary/aromatic N) is 1. The van der Waals surface area contributed by atoms with Gasteiger partial charge in [-0.1, -0.05) is 35.3 Å². The average Bonchev–Trinajstić information content (AvgIpc) is 2.99. The molecule has 0 aromatic heterocycles. The van der Waals surface area contributed by atoms with Crippen LogP contribution in [0.15, 0.2) is 43.0 Å². The molecule has 0 spiro atoms. The first kappa shape index (κ1) is 23.0. The summed E-state index contributed by atoms with van der Waals surface area (Å²) in [6.07, 6.45) is 2.76. The topological polar surface area (TPSA) is 48.0 Å². The lowest BCUT2D eigenvalue weighted by Gasteiger charge is -2.32. The van der Waals surface area contributed by atoms with E-state index >= 15 is 0 Å². The number of hydrogen-bond acceptors (Lipinski definition) is 5. The van der Waals surface area contributed by atoms with Gasteiger partial charge < -0.3 is 19.1 Å². The Morgan fingerprint density at radius 1 is 1.34 bits per heavy atom. The Bertz CT molecular complexity index is 1060. The highest BCUT2D eigenvalue weighted by atomic mass is 35.5. The third kappa shape index (κ3) is 3.98. The molecule has 0 saturated carbocycles. The van der Waals surface area contributed by atoms with Gasteiger partial charge in [-0.15, -0.1) is 6.58 Å². The van der Waals surface area contributed by atoms with Gasteiger partial charge in [0.2, 0.25) is 0 Å². The van der Waals surface area contributed by atoms with E-state index in [4.69, 9.17) is 37.4 Å². The van der Waals surface area contributed by atoms with E-state index < -0.39 is 5.97 Å². The molecular formula is C25H27Cl2NO4. The van der Waals surface area contributed by atoms with Gasteiger partial charge in [-0.3, -0.25) is 0 Å². The van der Waals surface area contributed by atoms with E-state index in [0.29, 0.717) is 27.8 Å². The minimum absolute atomic E-state index is 0.229. The Morgan fingerprint density at radius 2 is 2.12 bits per heavy atom. The van der Waals surface area contributed by atoms with Crippen molar-refractivity contribution in [3.8, 4) is 11.5 Å².